The number of nitrogens with two attached hydrogens (primary N) is 1. The molecule has 3 N–H and O–H groups in total. The number of para-hydroxylation sites is 1. The van der Waals surface area contributed by atoms with E-state index in [4.69, 9.17) is 15.1 Å². The van der Waals surface area contributed by atoms with E-state index >= 15 is 0 Å². The molecule has 1 saturated carbocycles. The van der Waals surface area contributed by atoms with Crippen LogP contribution in [0.1, 0.15) is 35.7 Å². The molecule has 1 aliphatic heterocycles. The first kappa shape index (κ1) is 19.0. The fourth-order valence-electron chi connectivity index (χ4n) is 3.78. The van der Waals surface area contributed by atoms with E-state index in [0.717, 1.165) is 60.1 Å². The van der Waals surface area contributed by atoms with Gasteiger partial charge in [-0.05, 0) is 54.7 Å². The molecule has 0 atom stereocenters. The summed E-state index contributed by atoms with van der Waals surface area (Å²) in [6.45, 7) is 1.40. The van der Waals surface area contributed by atoms with Gasteiger partial charge >= 0.3 is 0 Å². The largest absolute Gasteiger partial charge is 0.352 e. The summed E-state index contributed by atoms with van der Waals surface area (Å²) in [5, 5.41) is 8.70. The van der Waals surface area contributed by atoms with Gasteiger partial charge in [0, 0.05) is 30.8 Å². The van der Waals surface area contributed by atoms with E-state index in [2.05, 4.69) is 10.2 Å². The van der Waals surface area contributed by atoms with Crippen LogP contribution < -0.4 is 15.4 Å². The molecule has 7 nitrogen and oxygen atoms in total. The summed E-state index contributed by atoms with van der Waals surface area (Å²) in [5.41, 5.74) is 3.10. The molecule has 2 aliphatic rings. The minimum Gasteiger partial charge on any atom is -0.352 e. The lowest BCUT2D eigenvalue weighted by molar-refractivity contribution is 0.597. The molecular weight excluding hydrogens is 398 g/mol. The number of sulfonamides is 1. The summed E-state index contributed by atoms with van der Waals surface area (Å²) in [6.07, 6.45) is 3.06. The van der Waals surface area contributed by atoms with Gasteiger partial charge in [-0.2, -0.15) is 0 Å². The summed E-state index contributed by atoms with van der Waals surface area (Å²) in [5.74, 6) is 2.93. The summed E-state index contributed by atoms with van der Waals surface area (Å²) < 4.78 is 23.5. The fraction of sp³-hybridized carbons (Fsp3) is 0.273. The van der Waals surface area contributed by atoms with Crippen LogP contribution in [0.2, 0.25) is 0 Å². The van der Waals surface area contributed by atoms with E-state index in [9.17, 15) is 8.42 Å². The van der Waals surface area contributed by atoms with Crippen LogP contribution in [-0.2, 0) is 23.0 Å². The summed E-state index contributed by atoms with van der Waals surface area (Å²) >= 11 is 0. The zero-order valence-electron chi connectivity index (χ0n) is 16.5. The minimum absolute atomic E-state index is 0.149. The van der Waals surface area contributed by atoms with E-state index in [1.807, 2.05) is 42.5 Å². The molecule has 0 bridgehead atoms. The van der Waals surface area contributed by atoms with Crippen molar-refractivity contribution in [3.05, 3.63) is 71.5 Å². The number of nitrogens with one attached hydrogen (secondary N) is 1. The lowest BCUT2D eigenvalue weighted by atomic mass is 10.00. The molecule has 2 aromatic carbocycles. The first-order valence-corrected chi connectivity index (χ1v) is 11.6. The zero-order chi connectivity index (χ0) is 20.7. The fourth-order valence-corrected chi connectivity index (χ4v) is 4.34. The van der Waals surface area contributed by atoms with Gasteiger partial charge in [0.2, 0.25) is 10.0 Å². The SMILES string of the molecule is NS(=O)(=O)c1ccc2c(c1)CN(c1cc(Nc3ccccc3)nc(C3CC3)n1)CC2. The van der Waals surface area contributed by atoms with Gasteiger partial charge in [-0.3, -0.25) is 0 Å². The highest BCUT2D eigenvalue weighted by Gasteiger charge is 2.29. The highest BCUT2D eigenvalue weighted by Crippen LogP contribution is 2.39. The first-order valence-electron chi connectivity index (χ1n) is 10.1. The van der Waals surface area contributed by atoms with Crippen LogP contribution in [0.4, 0.5) is 17.3 Å². The Morgan fingerprint density at radius 1 is 1.00 bits per heavy atom. The van der Waals surface area contributed by atoms with E-state index < -0.39 is 10.0 Å². The normalized spacial score (nSPS) is 16.2. The third kappa shape index (κ3) is 4.01. The van der Waals surface area contributed by atoms with Crippen LogP contribution in [-0.4, -0.2) is 24.9 Å². The lowest BCUT2D eigenvalue weighted by Gasteiger charge is -2.30. The molecule has 2 heterocycles. The van der Waals surface area contributed by atoms with Crippen molar-refractivity contribution in [1.29, 1.82) is 0 Å². The molecule has 5 rings (SSSR count). The Kier molecular flexibility index (Phi) is 4.67. The molecule has 0 radical (unpaired) electrons. The average molecular weight is 422 g/mol. The highest BCUT2D eigenvalue weighted by molar-refractivity contribution is 7.89. The van der Waals surface area contributed by atoms with Crippen LogP contribution in [0.15, 0.2) is 59.5 Å². The summed E-state index contributed by atoms with van der Waals surface area (Å²) in [7, 11) is -3.72. The Balaban J connectivity index is 1.46. The minimum atomic E-state index is -3.72. The number of benzene rings is 2. The van der Waals surface area contributed by atoms with Gasteiger partial charge in [0.15, 0.2) is 0 Å². The Morgan fingerprint density at radius 3 is 2.53 bits per heavy atom. The summed E-state index contributed by atoms with van der Waals surface area (Å²) in [4.78, 5) is 11.9. The van der Waals surface area contributed by atoms with Gasteiger partial charge in [-0.25, -0.2) is 23.5 Å². The van der Waals surface area contributed by atoms with Gasteiger partial charge in [-0.15, -0.1) is 0 Å². The second kappa shape index (κ2) is 7.37. The van der Waals surface area contributed by atoms with Crippen molar-refractivity contribution < 1.29 is 8.42 Å². The van der Waals surface area contributed by atoms with Gasteiger partial charge in [0.25, 0.3) is 0 Å². The van der Waals surface area contributed by atoms with E-state index in [1.165, 1.54) is 0 Å². The lowest BCUT2D eigenvalue weighted by Crippen LogP contribution is -2.31. The van der Waals surface area contributed by atoms with Crippen LogP contribution >= 0.6 is 0 Å². The zero-order valence-corrected chi connectivity index (χ0v) is 17.3. The average Bonchev–Trinajstić information content (AvgIpc) is 3.58. The Labute approximate surface area is 176 Å². The number of hydrogen-bond donors (Lipinski definition) is 2. The van der Waals surface area contributed by atoms with Gasteiger partial charge in [0.1, 0.15) is 17.5 Å². The molecule has 30 heavy (non-hydrogen) atoms. The second-order valence-corrected chi connectivity index (χ2v) is 9.44. The molecule has 0 unspecified atom stereocenters. The van der Waals surface area contributed by atoms with E-state index in [-0.39, 0.29) is 4.90 Å². The number of primary sulfonamides is 1. The highest BCUT2D eigenvalue weighted by atomic mass is 32.2. The number of anilines is 3. The first-order chi connectivity index (χ1) is 14.5. The maximum absolute atomic E-state index is 11.8. The molecule has 1 aromatic heterocycles. The van der Waals surface area contributed by atoms with Crippen molar-refractivity contribution in [3.8, 4) is 0 Å². The quantitative estimate of drug-likeness (QED) is 0.655. The number of hydrogen-bond acceptors (Lipinski definition) is 6. The smallest absolute Gasteiger partial charge is 0.238 e. The second-order valence-electron chi connectivity index (χ2n) is 7.88. The molecule has 3 aromatic rings. The Hall–Kier alpha value is -2.97. The van der Waals surface area contributed by atoms with Crippen molar-refractivity contribution in [2.24, 2.45) is 5.14 Å². The molecular formula is C22H23N5O2S. The van der Waals surface area contributed by atoms with Gasteiger partial charge in [-0.1, -0.05) is 24.3 Å². The van der Waals surface area contributed by atoms with Crippen LogP contribution in [0.3, 0.4) is 0 Å². The molecule has 0 saturated heterocycles. The number of fused-ring (bicyclic) bond motifs is 1. The molecule has 8 heteroatoms. The van der Waals surface area contributed by atoms with Crippen molar-refractivity contribution in [2.45, 2.75) is 36.6 Å². The van der Waals surface area contributed by atoms with Crippen LogP contribution in [0.25, 0.3) is 0 Å². The Bertz CT molecular complexity index is 1190. The third-order valence-corrected chi connectivity index (χ3v) is 6.47. The molecule has 154 valence electrons. The van der Waals surface area contributed by atoms with Gasteiger partial charge < -0.3 is 10.2 Å². The van der Waals surface area contributed by atoms with E-state index in [1.54, 1.807) is 12.1 Å². The van der Waals surface area contributed by atoms with Crippen LogP contribution in [0, 0.1) is 0 Å². The number of aromatic nitrogens is 2. The molecule has 0 spiro atoms. The summed E-state index contributed by atoms with van der Waals surface area (Å²) in [6, 6.07) is 17.1. The maximum atomic E-state index is 11.8. The maximum Gasteiger partial charge on any atom is 0.238 e. The third-order valence-electron chi connectivity index (χ3n) is 5.56. The van der Waals surface area contributed by atoms with Crippen molar-refractivity contribution >= 4 is 27.3 Å². The predicted molar refractivity (Wildman–Crippen MR) is 116 cm³/mol. The van der Waals surface area contributed by atoms with Crippen molar-refractivity contribution in [1.82, 2.24) is 9.97 Å². The van der Waals surface area contributed by atoms with Crippen molar-refractivity contribution in [2.75, 3.05) is 16.8 Å². The number of rotatable bonds is 5. The van der Waals surface area contributed by atoms with Crippen LogP contribution in [0.5, 0.6) is 0 Å². The van der Waals surface area contributed by atoms with E-state index in [0.29, 0.717) is 12.5 Å². The monoisotopic (exact) mass is 421 g/mol. The van der Waals surface area contributed by atoms with Crippen molar-refractivity contribution in [3.63, 3.8) is 0 Å². The molecule has 1 aliphatic carbocycles. The van der Waals surface area contributed by atoms with Gasteiger partial charge in [0.05, 0.1) is 4.90 Å². The predicted octanol–water partition coefficient (Wildman–Crippen LogP) is 3.31. The number of nitrogens with zero attached hydrogens (tertiary/aromatic N) is 3. The molecule has 1 fully saturated rings. The standard InChI is InChI=1S/C22H23N5O2S/c23-30(28,29)19-9-8-15-10-11-27(14-17(15)12-19)21-13-20(24-18-4-2-1-3-5-18)25-22(26-21)16-6-7-16/h1-5,8-9,12-13,16H,6-7,10-11,14H2,(H2,23,28,29)(H,24,25,26). The topological polar surface area (TPSA) is 101 Å². The Morgan fingerprint density at radius 2 is 1.80 bits per heavy atom. The molecule has 0 amide bonds.